The summed E-state index contributed by atoms with van der Waals surface area (Å²) in [6.45, 7) is 1.70. The molecule has 0 fully saturated rings. The Balaban J connectivity index is 3.67. The second-order valence-electron chi connectivity index (χ2n) is 1.39. The van der Waals surface area contributed by atoms with Crippen molar-refractivity contribution in [1.29, 1.82) is 5.41 Å². The number of nitrogens with zero attached hydrogens (tertiary/aromatic N) is 1. The summed E-state index contributed by atoms with van der Waals surface area (Å²) < 4.78 is 12.1. The van der Waals surface area contributed by atoms with E-state index in [4.69, 9.17) is 5.41 Å². The van der Waals surface area contributed by atoms with Crippen molar-refractivity contribution >= 4 is 12.4 Å². The number of hydrogen-bond acceptors (Lipinski definition) is 2. The fourth-order valence-corrected chi connectivity index (χ4v) is 0.258. The first kappa shape index (κ1) is 8.01. The van der Waals surface area contributed by atoms with Crippen molar-refractivity contribution in [2.75, 3.05) is 0 Å². The Morgan fingerprint density at radius 2 is 2.44 bits per heavy atom. The van der Waals surface area contributed by atoms with Gasteiger partial charge in [-0.2, -0.15) is 0 Å². The molecule has 0 bridgehead atoms. The van der Waals surface area contributed by atoms with Gasteiger partial charge in [-0.15, -0.1) is 0 Å². The number of allylic oxidation sites excluding steroid dienone is 1. The lowest BCUT2D eigenvalue weighted by Crippen LogP contribution is -1.70. The molecule has 0 aliphatic carbocycles. The summed E-state index contributed by atoms with van der Waals surface area (Å²) in [4.78, 5) is 3.46. The Morgan fingerprint density at radius 3 is 2.89 bits per heavy atom. The van der Waals surface area contributed by atoms with Gasteiger partial charge >= 0.3 is 0 Å². The number of rotatable bonds is 3. The lowest BCUT2D eigenvalue weighted by Gasteiger charge is -1.81. The fourth-order valence-electron chi connectivity index (χ4n) is 0.258. The van der Waals surface area contributed by atoms with Crippen LogP contribution in [-0.4, -0.2) is 12.4 Å². The molecule has 0 amide bonds. The monoisotopic (exact) mass is 128 g/mol. The summed E-state index contributed by atoms with van der Waals surface area (Å²) in [5, 5.41) is 6.48. The molecule has 0 spiro atoms. The number of halogens is 1. The zero-order valence-corrected chi connectivity index (χ0v) is 5.26. The molecule has 0 unspecified atom stereocenters. The molecule has 0 saturated carbocycles. The minimum Gasteiger partial charge on any atom is -0.307 e. The minimum absolute atomic E-state index is 0.270. The second-order valence-corrected chi connectivity index (χ2v) is 1.39. The molecule has 2 nitrogen and oxygen atoms in total. The van der Waals surface area contributed by atoms with E-state index in [1.165, 1.54) is 6.21 Å². The summed E-state index contributed by atoms with van der Waals surface area (Å²) in [6.07, 6.45) is 3.68. The second kappa shape index (κ2) is 5.15. The first-order valence-corrected chi connectivity index (χ1v) is 2.68. The summed E-state index contributed by atoms with van der Waals surface area (Å²) in [6, 6.07) is 0. The van der Waals surface area contributed by atoms with E-state index in [0.29, 0.717) is 6.42 Å². The maximum Gasteiger partial charge on any atom is 0.118 e. The van der Waals surface area contributed by atoms with E-state index >= 15 is 0 Å². The van der Waals surface area contributed by atoms with Gasteiger partial charge < -0.3 is 5.41 Å². The molecule has 0 heterocycles. The van der Waals surface area contributed by atoms with Crippen molar-refractivity contribution in [2.45, 2.75) is 13.3 Å². The van der Waals surface area contributed by atoms with Gasteiger partial charge in [0.15, 0.2) is 0 Å². The van der Waals surface area contributed by atoms with Crippen LogP contribution in [0.5, 0.6) is 0 Å². The lowest BCUT2D eigenvalue weighted by atomic mass is 10.4. The van der Waals surface area contributed by atoms with Crippen molar-refractivity contribution in [1.82, 2.24) is 0 Å². The van der Waals surface area contributed by atoms with Crippen LogP contribution in [-0.2, 0) is 0 Å². The van der Waals surface area contributed by atoms with Crippen LogP contribution in [0.4, 0.5) is 4.39 Å². The van der Waals surface area contributed by atoms with E-state index in [1.54, 1.807) is 6.92 Å². The first-order chi connectivity index (χ1) is 4.31. The lowest BCUT2D eigenvalue weighted by molar-refractivity contribution is 0.601. The molecule has 0 radical (unpaired) electrons. The zero-order chi connectivity index (χ0) is 7.11. The average Bonchev–Trinajstić information content (AvgIpc) is 1.89. The Bertz CT molecular complexity index is 138. The molecule has 3 heteroatoms. The van der Waals surface area contributed by atoms with Crippen molar-refractivity contribution in [3.05, 3.63) is 12.0 Å². The van der Waals surface area contributed by atoms with Gasteiger partial charge in [-0.05, 0) is 6.42 Å². The van der Waals surface area contributed by atoms with Crippen LogP contribution < -0.4 is 0 Å². The summed E-state index contributed by atoms with van der Waals surface area (Å²) in [5.41, 5.74) is 0. The molecular weight excluding hydrogens is 119 g/mol. The predicted molar refractivity (Wildman–Crippen MR) is 36.8 cm³/mol. The van der Waals surface area contributed by atoms with Crippen LogP contribution in [0.2, 0.25) is 0 Å². The van der Waals surface area contributed by atoms with Crippen LogP contribution in [0.3, 0.4) is 0 Å². The van der Waals surface area contributed by atoms with Gasteiger partial charge in [-0.25, -0.2) is 4.39 Å². The molecule has 0 aliphatic rings. The standard InChI is InChI=1S/C6H9FN2/c1-2-6(7)5-9-4-3-8/h3-5,8H,2H2,1H3/b6-5+,8-3?,9-4?. The van der Waals surface area contributed by atoms with Crippen LogP contribution in [0, 0.1) is 5.41 Å². The van der Waals surface area contributed by atoms with E-state index in [9.17, 15) is 4.39 Å². The molecule has 0 aliphatic heterocycles. The van der Waals surface area contributed by atoms with E-state index in [-0.39, 0.29) is 5.83 Å². The van der Waals surface area contributed by atoms with Crippen LogP contribution in [0.1, 0.15) is 13.3 Å². The van der Waals surface area contributed by atoms with Crippen molar-refractivity contribution < 1.29 is 4.39 Å². The number of aliphatic imine (C=N–C) groups is 1. The van der Waals surface area contributed by atoms with Gasteiger partial charge in [0.2, 0.25) is 0 Å². The van der Waals surface area contributed by atoms with Gasteiger partial charge in [0.25, 0.3) is 0 Å². The van der Waals surface area contributed by atoms with E-state index in [0.717, 1.165) is 12.4 Å². The molecular formula is C6H9FN2. The topological polar surface area (TPSA) is 36.2 Å². The van der Waals surface area contributed by atoms with Crippen molar-refractivity contribution in [3.8, 4) is 0 Å². The van der Waals surface area contributed by atoms with Crippen molar-refractivity contribution in [2.24, 2.45) is 4.99 Å². The maximum atomic E-state index is 12.1. The third kappa shape index (κ3) is 4.87. The van der Waals surface area contributed by atoms with Crippen LogP contribution in [0.25, 0.3) is 0 Å². The molecule has 0 rings (SSSR count). The van der Waals surface area contributed by atoms with Gasteiger partial charge in [-0.1, -0.05) is 6.92 Å². The Morgan fingerprint density at radius 1 is 1.78 bits per heavy atom. The minimum atomic E-state index is -0.270. The summed E-state index contributed by atoms with van der Waals surface area (Å²) >= 11 is 0. The maximum absolute atomic E-state index is 12.1. The summed E-state index contributed by atoms with van der Waals surface area (Å²) in [7, 11) is 0. The summed E-state index contributed by atoms with van der Waals surface area (Å²) in [5.74, 6) is -0.270. The predicted octanol–water partition coefficient (Wildman–Crippen LogP) is 1.93. The van der Waals surface area contributed by atoms with E-state index < -0.39 is 0 Å². The Hall–Kier alpha value is -0.990. The molecule has 50 valence electrons. The van der Waals surface area contributed by atoms with E-state index in [1.807, 2.05) is 0 Å². The molecule has 9 heavy (non-hydrogen) atoms. The van der Waals surface area contributed by atoms with Gasteiger partial charge in [-0.3, -0.25) is 4.99 Å². The third-order valence-electron chi connectivity index (χ3n) is 0.713. The highest BCUT2D eigenvalue weighted by molar-refractivity contribution is 6.14. The Labute approximate surface area is 53.6 Å². The van der Waals surface area contributed by atoms with Gasteiger partial charge in [0, 0.05) is 12.4 Å². The van der Waals surface area contributed by atoms with E-state index in [2.05, 4.69) is 4.99 Å². The quantitative estimate of drug-likeness (QED) is 0.564. The normalized spacial score (nSPS) is 12.4. The van der Waals surface area contributed by atoms with Crippen LogP contribution >= 0.6 is 0 Å². The fraction of sp³-hybridized carbons (Fsp3) is 0.333. The highest BCUT2D eigenvalue weighted by atomic mass is 19.1. The highest BCUT2D eigenvalue weighted by Gasteiger charge is 1.82. The zero-order valence-electron chi connectivity index (χ0n) is 5.26. The van der Waals surface area contributed by atoms with Crippen molar-refractivity contribution in [3.63, 3.8) is 0 Å². The molecule has 0 saturated heterocycles. The Kier molecular flexibility index (Phi) is 4.59. The SMILES string of the molecule is CC/C(F)=C\N=CC=N. The van der Waals surface area contributed by atoms with Gasteiger partial charge in [0.1, 0.15) is 5.83 Å². The average molecular weight is 128 g/mol. The van der Waals surface area contributed by atoms with Gasteiger partial charge in [0.05, 0.1) is 6.20 Å². The number of nitrogens with one attached hydrogen (secondary N) is 1. The first-order valence-electron chi connectivity index (χ1n) is 2.68. The highest BCUT2D eigenvalue weighted by Crippen LogP contribution is 1.99. The third-order valence-corrected chi connectivity index (χ3v) is 0.713. The molecule has 1 N–H and O–H groups in total. The van der Waals surface area contributed by atoms with Crippen LogP contribution in [0.15, 0.2) is 17.0 Å². The largest absolute Gasteiger partial charge is 0.307 e. The number of hydrogen-bond donors (Lipinski definition) is 1. The smallest absolute Gasteiger partial charge is 0.118 e. The molecule has 0 atom stereocenters. The molecule has 0 aromatic heterocycles. The molecule has 0 aromatic carbocycles. The molecule has 0 aromatic rings.